The second-order valence-electron chi connectivity index (χ2n) is 6.25. The van der Waals surface area contributed by atoms with Crippen molar-refractivity contribution in [3.8, 4) is 5.75 Å². The van der Waals surface area contributed by atoms with Gasteiger partial charge in [-0.15, -0.1) is 0 Å². The summed E-state index contributed by atoms with van der Waals surface area (Å²) in [6, 6.07) is 8.64. The number of likely N-dealkylation sites (N-methyl/N-ethyl adjacent to an activating group) is 1. The second kappa shape index (κ2) is 7.09. The molecule has 1 aromatic carbocycles. The van der Waals surface area contributed by atoms with Gasteiger partial charge in [0.1, 0.15) is 5.75 Å². The van der Waals surface area contributed by atoms with E-state index in [0.29, 0.717) is 6.04 Å². The van der Waals surface area contributed by atoms with Gasteiger partial charge in [0.25, 0.3) is 0 Å². The lowest BCUT2D eigenvalue weighted by Gasteiger charge is -2.37. The van der Waals surface area contributed by atoms with Crippen molar-refractivity contribution in [1.82, 2.24) is 10.2 Å². The minimum Gasteiger partial charge on any atom is -0.496 e. The van der Waals surface area contributed by atoms with Crippen LogP contribution >= 0.6 is 0 Å². The molecule has 0 saturated carbocycles. The fourth-order valence-electron chi connectivity index (χ4n) is 3.50. The normalized spacial score (nSPS) is 25.4. The van der Waals surface area contributed by atoms with Crippen LogP contribution in [0.2, 0.25) is 0 Å². The van der Waals surface area contributed by atoms with Crippen molar-refractivity contribution in [3.05, 3.63) is 29.8 Å². The van der Waals surface area contributed by atoms with Crippen molar-refractivity contribution >= 4 is 0 Å². The molecule has 3 heteroatoms. The minimum atomic E-state index is 0.323. The SMILES string of the molecule is CNC(CN1CC(C)CC(C)C1)c1ccccc1OC. The Hall–Kier alpha value is -1.06. The molecule has 112 valence electrons. The molecule has 20 heavy (non-hydrogen) atoms. The fourth-order valence-corrected chi connectivity index (χ4v) is 3.50. The van der Waals surface area contributed by atoms with Crippen LogP contribution in [0.3, 0.4) is 0 Å². The van der Waals surface area contributed by atoms with E-state index in [0.717, 1.165) is 24.1 Å². The van der Waals surface area contributed by atoms with E-state index < -0.39 is 0 Å². The molecule has 3 atom stereocenters. The molecule has 1 saturated heterocycles. The van der Waals surface area contributed by atoms with E-state index in [1.165, 1.54) is 25.1 Å². The molecule has 1 aliphatic rings. The zero-order valence-corrected chi connectivity index (χ0v) is 13.2. The average molecular weight is 276 g/mol. The highest BCUT2D eigenvalue weighted by Gasteiger charge is 2.25. The van der Waals surface area contributed by atoms with Crippen LogP contribution in [0.1, 0.15) is 31.9 Å². The minimum absolute atomic E-state index is 0.323. The third-order valence-electron chi connectivity index (χ3n) is 4.25. The quantitative estimate of drug-likeness (QED) is 0.895. The van der Waals surface area contributed by atoms with Crippen molar-refractivity contribution in [2.75, 3.05) is 33.8 Å². The molecule has 1 fully saturated rings. The lowest BCUT2D eigenvalue weighted by Crippen LogP contribution is -2.42. The van der Waals surface area contributed by atoms with Crippen LogP contribution < -0.4 is 10.1 Å². The molecule has 0 bridgehead atoms. The summed E-state index contributed by atoms with van der Waals surface area (Å²) in [5.41, 5.74) is 1.25. The number of rotatable bonds is 5. The van der Waals surface area contributed by atoms with Crippen LogP contribution in [0.15, 0.2) is 24.3 Å². The highest BCUT2D eigenvalue weighted by Crippen LogP contribution is 2.27. The molecule has 1 N–H and O–H groups in total. The Balaban J connectivity index is 2.08. The summed E-state index contributed by atoms with van der Waals surface area (Å²) in [5.74, 6) is 2.58. The summed E-state index contributed by atoms with van der Waals surface area (Å²) in [6.07, 6.45) is 1.36. The highest BCUT2D eigenvalue weighted by molar-refractivity contribution is 5.36. The summed E-state index contributed by atoms with van der Waals surface area (Å²) in [6.45, 7) is 8.18. The molecule has 1 heterocycles. The molecule has 1 aromatic rings. The number of para-hydroxylation sites is 1. The van der Waals surface area contributed by atoms with Crippen LogP contribution in [0.4, 0.5) is 0 Å². The van der Waals surface area contributed by atoms with Gasteiger partial charge in [-0.05, 0) is 31.4 Å². The molecule has 1 aliphatic heterocycles. The number of ether oxygens (including phenoxy) is 1. The van der Waals surface area contributed by atoms with E-state index in [-0.39, 0.29) is 0 Å². The molecule has 0 aliphatic carbocycles. The first-order valence-electron chi connectivity index (χ1n) is 7.66. The standard InChI is InChI=1S/C17H28N2O/c1-13-9-14(2)11-19(10-13)12-16(18-3)15-7-5-6-8-17(15)20-4/h5-8,13-14,16,18H,9-12H2,1-4H3. The lowest BCUT2D eigenvalue weighted by atomic mass is 9.91. The van der Waals surface area contributed by atoms with Gasteiger partial charge in [-0.2, -0.15) is 0 Å². The summed E-state index contributed by atoms with van der Waals surface area (Å²) in [4.78, 5) is 2.59. The average Bonchev–Trinajstić information content (AvgIpc) is 2.43. The van der Waals surface area contributed by atoms with Crippen molar-refractivity contribution in [2.24, 2.45) is 11.8 Å². The van der Waals surface area contributed by atoms with Crippen LogP contribution in [-0.4, -0.2) is 38.7 Å². The zero-order chi connectivity index (χ0) is 14.5. The molecule has 2 rings (SSSR count). The first kappa shape index (κ1) is 15.3. The van der Waals surface area contributed by atoms with Gasteiger partial charge in [0.05, 0.1) is 7.11 Å². The third-order valence-corrected chi connectivity index (χ3v) is 4.25. The van der Waals surface area contributed by atoms with Crippen LogP contribution in [0.5, 0.6) is 5.75 Å². The maximum atomic E-state index is 5.50. The molecule has 0 amide bonds. The van der Waals surface area contributed by atoms with E-state index in [1.807, 2.05) is 19.2 Å². The Labute approximate surface area is 123 Å². The van der Waals surface area contributed by atoms with Gasteiger partial charge in [0.2, 0.25) is 0 Å². The molecule has 3 unspecified atom stereocenters. The summed E-state index contributed by atoms with van der Waals surface area (Å²) in [5, 5.41) is 3.45. The smallest absolute Gasteiger partial charge is 0.123 e. The maximum absolute atomic E-state index is 5.50. The molecular weight excluding hydrogens is 248 g/mol. The largest absolute Gasteiger partial charge is 0.496 e. The van der Waals surface area contributed by atoms with E-state index in [1.54, 1.807) is 7.11 Å². The molecule has 0 radical (unpaired) electrons. The lowest BCUT2D eigenvalue weighted by molar-refractivity contribution is 0.129. The summed E-state index contributed by atoms with van der Waals surface area (Å²) < 4.78 is 5.50. The number of hydrogen-bond donors (Lipinski definition) is 1. The number of piperidine rings is 1. The van der Waals surface area contributed by atoms with E-state index >= 15 is 0 Å². The molecule has 0 spiro atoms. The Kier molecular flexibility index (Phi) is 5.44. The number of methoxy groups -OCH3 is 1. The fraction of sp³-hybridized carbons (Fsp3) is 0.647. The van der Waals surface area contributed by atoms with Gasteiger partial charge >= 0.3 is 0 Å². The highest BCUT2D eigenvalue weighted by atomic mass is 16.5. The predicted octanol–water partition coefficient (Wildman–Crippen LogP) is 2.93. The van der Waals surface area contributed by atoms with E-state index in [4.69, 9.17) is 4.74 Å². The maximum Gasteiger partial charge on any atom is 0.123 e. The molecular formula is C17H28N2O. The Morgan fingerprint density at radius 3 is 2.50 bits per heavy atom. The van der Waals surface area contributed by atoms with Gasteiger partial charge in [0.15, 0.2) is 0 Å². The zero-order valence-electron chi connectivity index (χ0n) is 13.2. The van der Waals surface area contributed by atoms with Crippen molar-refractivity contribution in [3.63, 3.8) is 0 Å². The van der Waals surface area contributed by atoms with Crippen molar-refractivity contribution in [1.29, 1.82) is 0 Å². The summed E-state index contributed by atoms with van der Waals surface area (Å²) in [7, 11) is 3.78. The summed E-state index contributed by atoms with van der Waals surface area (Å²) >= 11 is 0. The van der Waals surface area contributed by atoms with Crippen LogP contribution in [-0.2, 0) is 0 Å². The number of likely N-dealkylation sites (tertiary alicyclic amines) is 1. The van der Waals surface area contributed by atoms with Gasteiger partial charge in [-0.25, -0.2) is 0 Å². The second-order valence-corrected chi connectivity index (χ2v) is 6.25. The molecule has 0 aromatic heterocycles. The van der Waals surface area contributed by atoms with E-state index in [9.17, 15) is 0 Å². The number of hydrogen-bond acceptors (Lipinski definition) is 3. The Morgan fingerprint density at radius 1 is 1.25 bits per heavy atom. The van der Waals surface area contributed by atoms with Gasteiger partial charge in [-0.3, -0.25) is 0 Å². The number of benzene rings is 1. The number of nitrogens with zero attached hydrogens (tertiary/aromatic N) is 1. The monoisotopic (exact) mass is 276 g/mol. The third kappa shape index (κ3) is 3.74. The number of nitrogens with one attached hydrogen (secondary N) is 1. The van der Waals surface area contributed by atoms with E-state index in [2.05, 4.69) is 36.2 Å². The Bertz CT molecular complexity index is 411. The first-order valence-corrected chi connectivity index (χ1v) is 7.66. The predicted molar refractivity (Wildman–Crippen MR) is 84.2 cm³/mol. The first-order chi connectivity index (χ1) is 9.63. The topological polar surface area (TPSA) is 24.5 Å². The van der Waals surface area contributed by atoms with Gasteiger partial charge in [0, 0.05) is 31.2 Å². The van der Waals surface area contributed by atoms with Crippen molar-refractivity contribution in [2.45, 2.75) is 26.3 Å². The van der Waals surface area contributed by atoms with Crippen molar-refractivity contribution < 1.29 is 4.74 Å². The van der Waals surface area contributed by atoms with Gasteiger partial charge < -0.3 is 15.0 Å². The van der Waals surface area contributed by atoms with Crippen LogP contribution in [0, 0.1) is 11.8 Å². The van der Waals surface area contributed by atoms with Crippen LogP contribution in [0.25, 0.3) is 0 Å². The molecule has 3 nitrogen and oxygen atoms in total. The van der Waals surface area contributed by atoms with Gasteiger partial charge in [-0.1, -0.05) is 32.0 Å². The Morgan fingerprint density at radius 2 is 1.90 bits per heavy atom.